The first kappa shape index (κ1) is 16.6. The van der Waals surface area contributed by atoms with Gasteiger partial charge in [-0.05, 0) is 24.6 Å². The topological polar surface area (TPSA) is 29.1 Å². The molecule has 0 fully saturated rings. The van der Waals surface area contributed by atoms with Crippen molar-refractivity contribution in [2.24, 2.45) is 0 Å². The molecule has 2 nitrogen and oxygen atoms in total. The molecule has 0 bridgehead atoms. The molecule has 0 saturated carbocycles. The summed E-state index contributed by atoms with van der Waals surface area (Å²) in [6.07, 6.45) is 8.23. The number of rotatable bonds is 9. The van der Waals surface area contributed by atoms with E-state index in [4.69, 9.17) is 0 Å². The molecule has 4 heteroatoms. The Hall–Kier alpha value is -1.45. The summed E-state index contributed by atoms with van der Waals surface area (Å²) >= 11 is 0. The van der Waals surface area contributed by atoms with Crippen LogP contribution in [-0.2, 0) is 0 Å². The lowest BCUT2D eigenvalue weighted by molar-refractivity contribution is 0.0952. The number of halogens is 2. The van der Waals surface area contributed by atoms with Gasteiger partial charge in [0.2, 0.25) is 0 Å². The summed E-state index contributed by atoms with van der Waals surface area (Å²) in [6.45, 7) is 2.76. The molecule has 0 aromatic heterocycles. The Morgan fingerprint density at radius 2 is 1.65 bits per heavy atom. The van der Waals surface area contributed by atoms with E-state index >= 15 is 0 Å². The number of benzene rings is 1. The van der Waals surface area contributed by atoms with E-state index in [9.17, 15) is 13.6 Å². The van der Waals surface area contributed by atoms with Crippen LogP contribution in [0.3, 0.4) is 0 Å². The quantitative estimate of drug-likeness (QED) is 0.667. The minimum Gasteiger partial charge on any atom is -0.352 e. The van der Waals surface area contributed by atoms with E-state index in [1.165, 1.54) is 38.2 Å². The highest BCUT2D eigenvalue weighted by atomic mass is 19.2. The zero-order chi connectivity index (χ0) is 14.8. The standard InChI is InChI=1S/C16H23F2NO/c1-2-3-4-5-6-7-8-11-19-16(20)13-9-10-14(17)15(18)12-13/h9-10,12H,2-8,11H2,1H3,(H,19,20). The maximum Gasteiger partial charge on any atom is 0.251 e. The third-order valence-corrected chi connectivity index (χ3v) is 3.25. The van der Waals surface area contributed by atoms with Crippen molar-refractivity contribution < 1.29 is 13.6 Å². The monoisotopic (exact) mass is 283 g/mol. The maximum absolute atomic E-state index is 13.0. The van der Waals surface area contributed by atoms with Crippen molar-refractivity contribution in [1.29, 1.82) is 0 Å². The van der Waals surface area contributed by atoms with Crippen LogP contribution in [0.4, 0.5) is 8.78 Å². The predicted molar refractivity (Wildman–Crippen MR) is 76.7 cm³/mol. The number of carbonyl (C=O) groups excluding carboxylic acids is 1. The fraction of sp³-hybridized carbons (Fsp3) is 0.562. The van der Waals surface area contributed by atoms with E-state index in [0.717, 1.165) is 25.0 Å². The molecule has 1 N–H and O–H groups in total. The lowest BCUT2D eigenvalue weighted by Crippen LogP contribution is -2.24. The molecule has 0 atom stereocenters. The van der Waals surface area contributed by atoms with Crippen LogP contribution in [-0.4, -0.2) is 12.5 Å². The molecule has 0 aliphatic heterocycles. The van der Waals surface area contributed by atoms with Gasteiger partial charge in [-0.3, -0.25) is 4.79 Å². The number of hydrogen-bond acceptors (Lipinski definition) is 1. The Kier molecular flexibility index (Phi) is 7.85. The third-order valence-electron chi connectivity index (χ3n) is 3.25. The van der Waals surface area contributed by atoms with Gasteiger partial charge in [-0.15, -0.1) is 0 Å². The highest BCUT2D eigenvalue weighted by Crippen LogP contribution is 2.09. The Balaban J connectivity index is 2.15. The van der Waals surface area contributed by atoms with Gasteiger partial charge in [0.05, 0.1) is 0 Å². The molecule has 20 heavy (non-hydrogen) atoms. The van der Waals surface area contributed by atoms with E-state index in [1.54, 1.807) is 0 Å². The van der Waals surface area contributed by atoms with Gasteiger partial charge in [0.1, 0.15) is 0 Å². The first-order valence-corrected chi connectivity index (χ1v) is 7.38. The first-order valence-electron chi connectivity index (χ1n) is 7.38. The van der Waals surface area contributed by atoms with Crippen molar-refractivity contribution in [3.05, 3.63) is 35.4 Å². The summed E-state index contributed by atoms with van der Waals surface area (Å²) in [5.74, 6) is -2.28. The van der Waals surface area contributed by atoms with Crippen LogP contribution in [0.25, 0.3) is 0 Å². The molecule has 0 radical (unpaired) electrons. The highest BCUT2D eigenvalue weighted by Gasteiger charge is 2.08. The summed E-state index contributed by atoms with van der Waals surface area (Å²) in [7, 11) is 0. The van der Waals surface area contributed by atoms with Crippen LogP contribution in [0, 0.1) is 11.6 Å². The van der Waals surface area contributed by atoms with Crippen LogP contribution < -0.4 is 5.32 Å². The number of hydrogen-bond donors (Lipinski definition) is 1. The van der Waals surface area contributed by atoms with Gasteiger partial charge >= 0.3 is 0 Å². The summed E-state index contributed by atoms with van der Waals surface area (Å²) in [4.78, 5) is 11.7. The average molecular weight is 283 g/mol. The van der Waals surface area contributed by atoms with E-state index in [-0.39, 0.29) is 11.5 Å². The second kappa shape index (κ2) is 9.45. The lowest BCUT2D eigenvalue weighted by atomic mass is 10.1. The molecule has 0 saturated heterocycles. The van der Waals surface area contributed by atoms with Crippen molar-refractivity contribution in [2.45, 2.75) is 51.9 Å². The van der Waals surface area contributed by atoms with Crippen molar-refractivity contribution in [3.8, 4) is 0 Å². The smallest absolute Gasteiger partial charge is 0.251 e. The molecule has 1 amide bonds. The van der Waals surface area contributed by atoms with E-state index in [2.05, 4.69) is 12.2 Å². The molecule has 0 heterocycles. The van der Waals surface area contributed by atoms with E-state index in [0.29, 0.717) is 6.54 Å². The molecule has 0 spiro atoms. The Bertz CT molecular complexity index is 421. The normalized spacial score (nSPS) is 10.6. The molecular weight excluding hydrogens is 260 g/mol. The van der Waals surface area contributed by atoms with Crippen molar-refractivity contribution in [3.63, 3.8) is 0 Å². The van der Waals surface area contributed by atoms with Crippen molar-refractivity contribution >= 4 is 5.91 Å². The minimum absolute atomic E-state index is 0.159. The fourth-order valence-electron chi connectivity index (χ4n) is 2.02. The second-order valence-electron chi connectivity index (χ2n) is 5.01. The van der Waals surface area contributed by atoms with Gasteiger partial charge in [-0.25, -0.2) is 8.78 Å². The number of nitrogens with one attached hydrogen (secondary N) is 1. The van der Waals surface area contributed by atoms with Crippen LogP contribution in [0.2, 0.25) is 0 Å². The average Bonchev–Trinajstić information content (AvgIpc) is 2.44. The number of carbonyl (C=O) groups is 1. The number of unbranched alkanes of at least 4 members (excludes halogenated alkanes) is 6. The SMILES string of the molecule is CCCCCCCCCNC(=O)c1ccc(F)c(F)c1. The Morgan fingerprint density at radius 1 is 1.00 bits per heavy atom. The number of amides is 1. The van der Waals surface area contributed by atoms with E-state index < -0.39 is 11.6 Å². The summed E-state index contributed by atoms with van der Waals surface area (Å²) in [6, 6.07) is 3.19. The van der Waals surface area contributed by atoms with Gasteiger partial charge in [-0.1, -0.05) is 45.4 Å². The maximum atomic E-state index is 13.0. The van der Waals surface area contributed by atoms with Gasteiger partial charge in [-0.2, -0.15) is 0 Å². The molecule has 1 aromatic rings. The summed E-state index contributed by atoms with van der Waals surface area (Å²) in [5.41, 5.74) is 0.159. The van der Waals surface area contributed by atoms with Gasteiger partial charge in [0.25, 0.3) is 5.91 Å². The van der Waals surface area contributed by atoms with Crippen LogP contribution in [0.5, 0.6) is 0 Å². The second-order valence-corrected chi connectivity index (χ2v) is 5.01. The predicted octanol–water partition coefficient (Wildman–Crippen LogP) is 4.45. The van der Waals surface area contributed by atoms with Gasteiger partial charge in [0.15, 0.2) is 11.6 Å². The minimum atomic E-state index is -0.992. The Labute approximate surface area is 119 Å². The van der Waals surface area contributed by atoms with Crippen LogP contribution in [0.1, 0.15) is 62.2 Å². The third kappa shape index (κ3) is 6.13. The highest BCUT2D eigenvalue weighted by molar-refractivity contribution is 5.94. The fourth-order valence-corrected chi connectivity index (χ4v) is 2.02. The molecule has 0 aliphatic carbocycles. The lowest BCUT2D eigenvalue weighted by Gasteiger charge is -2.05. The van der Waals surface area contributed by atoms with Gasteiger partial charge < -0.3 is 5.32 Å². The van der Waals surface area contributed by atoms with Gasteiger partial charge in [0, 0.05) is 12.1 Å². The molecular formula is C16H23F2NO. The molecule has 1 aromatic carbocycles. The largest absolute Gasteiger partial charge is 0.352 e. The van der Waals surface area contributed by atoms with Crippen molar-refractivity contribution in [2.75, 3.05) is 6.54 Å². The summed E-state index contributed by atoms with van der Waals surface area (Å²) < 4.78 is 25.7. The van der Waals surface area contributed by atoms with Crippen molar-refractivity contribution in [1.82, 2.24) is 5.32 Å². The van der Waals surface area contributed by atoms with Crippen LogP contribution in [0.15, 0.2) is 18.2 Å². The summed E-state index contributed by atoms with van der Waals surface area (Å²) in [5, 5.41) is 2.72. The molecule has 112 valence electrons. The zero-order valence-corrected chi connectivity index (χ0v) is 12.1. The molecule has 0 aliphatic rings. The first-order chi connectivity index (χ1) is 9.65. The molecule has 0 unspecified atom stereocenters. The van der Waals surface area contributed by atoms with Crippen LogP contribution >= 0.6 is 0 Å². The Morgan fingerprint density at radius 3 is 2.30 bits per heavy atom. The van der Waals surface area contributed by atoms with E-state index in [1.807, 2.05) is 0 Å². The zero-order valence-electron chi connectivity index (χ0n) is 12.1. The molecule has 1 rings (SSSR count).